The van der Waals surface area contributed by atoms with Crippen molar-refractivity contribution >= 4 is 18.1 Å². The molecule has 35 heavy (non-hydrogen) atoms. The number of carbonyl (C=O) groups excluding carboxylic acids is 1. The number of aliphatic hydroxyl groups excluding tert-OH is 1. The van der Waals surface area contributed by atoms with Crippen LogP contribution >= 0.6 is 0 Å². The first-order valence-electron chi connectivity index (χ1n) is 12.4. The van der Waals surface area contributed by atoms with E-state index >= 15 is 0 Å². The SMILES string of the molecule is O=C(c1ccc(F)cc1)N1CCCCN2[C@@H](CO)[C@@H](c3ccc(/C=C/c4ccccc4)cc3)[C@@H]2C1. The molecule has 1 amide bonds. The first-order valence-corrected chi connectivity index (χ1v) is 12.4. The van der Waals surface area contributed by atoms with Gasteiger partial charge < -0.3 is 10.0 Å². The predicted molar refractivity (Wildman–Crippen MR) is 137 cm³/mol. The molecule has 2 aliphatic rings. The number of hydrogen-bond acceptors (Lipinski definition) is 3. The molecule has 2 saturated heterocycles. The van der Waals surface area contributed by atoms with Crippen molar-refractivity contribution in [2.75, 3.05) is 26.2 Å². The quantitative estimate of drug-likeness (QED) is 0.530. The van der Waals surface area contributed by atoms with Crippen LogP contribution in [0.4, 0.5) is 4.39 Å². The Morgan fingerprint density at radius 1 is 0.886 bits per heavy atom. The lowest BCUT2D eigenvalue weighted by Crippen LogP contribution is -2.67. The highest BCUT2D eigenvalue weighted by atomic mass is 19.1. The smallest absolute Gasteiger partial charge is 0.253 e. The van der Waals surface area contributed by atoms with Crippen molar-refractivity contribution in [3.8, 4) is 0 Å². The zero-order valence-corrected chi connectivity index (χ0v) is 19.8. The summed E-state index contributed by atoms with van der Waals surface area (Å²) in [5.41, 5.74) is 3.99. The van der Waals surface area contributed by atoms with Crippen LogP contribution in [-0.2, 0) is 0 Å². The second kappa shape index (κ2) is 10.5. The summed E-state index contributed by atoms with van der Waals surface area (Å²) in [5, 5.41) is 10.2. The largest absolute Gasteiger partial charge is 0.395 e. The van der Waals surface area contributed by atoms with Crippen LogP contribution in [0.1, 0.15) is 45.8 Å². The van der Waals surface area contributed by atoms with Gasteiger partial charge in [0.25, 0.3) is 5.91 Å². The Balaban J connectivity index is 1.34. The average Bonchev–Trinajstić information content (AvgIpc) is 2.88. The van der Waals surface area contributed by atoms with E-state index in [0.717, 1.165) is 30.5 Å². The van der Waals surface area contributed by atoms with Gasteiger partial charge in [0.05, 0.1) is 6.61 Å². The Kier molecular flexibility index (Phi) is 7.07. The number of amides is 1. The first-order chi connectivity index (χ1) is 17.1. The van der Waals surface area contributed by atoms with Crippen molar-refractivity contribution in [3.05, 3.63) is 107 Å². The van der Waals surface area contributed by atoms with Crippen LogP contribution in [-0.4, -0.2) is 59.1 Å². The Morgan fingerprint density at radius 3 is 2.23 bits per heavy atom. The van der Waals surface area contributed by atoms with Crippen LogP contribution in [0.15, 0.2) is 78.9 Å². The Hall–Kier alpha value is -3.28. The molecule has 0 unspecified atom stereocenters. The van der Waals surface area contributed by atoms with Crippen molar-refractivity contribution in [3.63, 3.8) is 0 Å². The molecule has 3 aromatic rings. The van der Waals surface area contributed by atoms with Crippen molar-refractivity contribution in [2.24, 2.45) is 0 Å². The Labute approximate surface area is 206 Å². The number of hydrogen-bond donors (Lipinski definition) is 1. The molecule has 2 heterocycles. The number of rotatable bonds is 5. The lowest BCUT2D eigenvalue weighted by molar-refractivity contribution is -0.0606. The molecule has 4 nitrogen and oxygen atoms in total. The number of carbonyl (C=O) groups is 1. The summed E-state index contributed by atoms with van der Waals surface area (Å²) in [4.78, 5) is 17.5. The summed E-state index contributed by atoms with van der Waals surface area (Å²) in [5.74, 6) is -0.236. The molecule has 1 N–H and O–H groups in total. The fourth-order valence-electron chi connectivity index (χ4n) is 5.49. The second-order valence-electron chi connectivity index (χ2n) is 9.46. The summed E-state index contributed by atoms with van der Waals surface area (Å²) < 4.78 is 13.4. The number of halogens is 1. The molecule has 180 valence electrons. The van der Waals surface area contributed by atoms with E-state index in [4.69, 9.17) is 0 Å². The van der Waals surface area contributed by atoms with Crippen LogP contribution in [0.25, 0.3) is 12.2 Å². The highest BCUT2D eigenvalue weighted by Gasteiger charge is 2.49. The average molecular weight is 471 g/mol. The van der Waals surface area contributed by atoms with E-state index in [0.29, 0.717) is 18.7 Å². The van der Waals surface area contributed by atoms with Crippen LogP contribution in [0.2, 0.25) is 0 Å². The molecule has 0 bridgehead atoms. The first kappa shape index (κ1) is 23.5. The van der Waals surface area contributed by atoms with Gasteiger partial charge in [0.15, 0.2) is 0 Å². The van der Waals surface area contributed by atoms with Gasteiger partial charge in [-0.05, 0) is 60.3 Å². The molecule has 2 aliphatic heterocycles. The third-order valence-corrected chi connectivity index (χ3v) is 7.34. The van der Waals surface area contributed by atoms with E-state index in [9.17, 15) is 14.3 Å². The van der Waals surface area contributed by atoms with E-state index in [-0.39, 0.29) is 36.3 Å². The third-order valence-electron chi connectivity index (χ3n) is 7.34. The molecule has 3 aromatic carbocycles. The molecular weight excluding hydrogens is 439 g/mol. The summed E-state index contributed by atoms with van der Waals surface area (Å²) >= 11 is 0. The normalized spacial score (nSPS) is 22.8. The van der Waals surface area contributed by atoms with Crippen molar-refractivity contribution in [1.82, 2.24) is 9.80 Å². The Bertz CT molecular complexity index is 1160. The van der Waals surface area contributed by atoms with Gasteiger partial charge in [-0.25, -0.2) is 4.39 Å². The molecule has 0 aliphatic carbocycles. The number of nitrogens with zero attached hydrogens (tertiary/aromatic N) is 2. The minimum Gasteiger partial charge on any atom is -0.395 e. The van der Waals surface area contributed by atoms with Gasteiger partial charge in [-0.15, -0.1) is 0 Å². The van der Waals surface area contributed by atoms with E-state index < -0.39 is 0 Å². The summed E-state index contributed by atoms with van der Waals surface area (Å²) in [6.45, 7) is 2.33. The molecule has 0 radical (unpaired) electrons. The zero-order valence-electron chi connectivity index (χ0n) is 19.8. The molecule has 0 aromatic heterocycles. The monoisotopic (exact) mass is 470 g/mol. The van der Waals surface area contributed by atoms with Gasteiger partial charge in [0.1, 0.15) is 5.82 Å². The maximum Gasteiger partial charge on any atom is 0.253 e. The van der Waals surface area contributed by atoms with Crippen LogP contribution < -0.4 is 0 Å². The molecule has 2 fully saturated rings. The van der Waals surface area contributed by atoms with Gasteiger partial charge in [0, 0.05) is 36.7 Å². The standard InChI is InChI=1S/C30H31FN2O2/c31-26-16-14-25(15-17-26)30(35)32-18-4-5-19-33-27(20-32)29(28(33)21-34)24-12-10-23(11-13-24)9-8-22-6-2-1-3-7-22/h1-3,6-17,27-29,34H,4-5,18-21H2/b9-8+/t27-,28-,29-/m0/s1. The fourth-order valence-corrected chi connectivity index (χ4v) is 5.49. The van der Waals surface area contributed by atoms with Gasteiger partial charge in [0.2, 0.25) is 0 Å². The lowest BCUT2D eigenvalue weighted by atomic mass is 9.74. The highest BCUT2D eigenvalue weighted by Crippen LogP contribution is 2.42. The number of benzene rings is 3. The Morgan fingerprint density at radius 2 is 1.54 bits per heavy atom. The maximum atomic E-state index is 13.4. The van der Waals surface area contributed by atoms with Crippen molar-refractivity contribution in [2.45, 2.75) is 30.8 Å². The number of fused-ring (bicyclic) bond motifs is 1. The molecule has 5 rings (SSSR count). The van der Waals surface area contributed by atoms with Crippen LogP contribution in [0.3, 0.4) is 0 Å². The van der Waals surface area contributed by atoms with Crippen molar-refractivity contribution < 1.29 is 14.3 Å². The summed E-state index contributed by atoms with van der Waals surface area (Å²) in [6.07, 6.45) is 6.11. The number of aliphatic hydroxyl groups is 1. The summed E-state index contributed by atoms with van der Waals surface area (Å²) in [7, 11) is 0. The third kappa shape index (κ3) is 5.07. The summed E-state index contributed by atoms with van der Waals surface area (Å²) in [6, 6.07) is 24.8. The molecule has 0 spiro atoms. The predicted octanol–water partition coefficient (Wildman–Crippen LogP) is 5.06. The van der Waals surface area contributed by atoms with Crippen LogP contribution in [0.5, 0.6) is 0 Å². The van der Waals surface area contributed by atoms with Gasteiger partial charge in [-0.2, -0.15) is 0 Å². The zero-order chi connectivity index (χ0) is 24.2. The fraction of sp³-hybridized carbons (Fsp3) is 0.300. The van der Waals surface area contributed by atoms with E-state index in [2.05, 4.69) is 53.5 Å². The van der Waals surface area contributed by atoms with Gasteiger partial charge in [-0.3, -0.25) is 9.69 Å². The molecule has 3 atom stereocenters. The van der Waals surface area contributed by atoms with Crippen LogP contribution in [0, 0.1) is 5.82 Å². The second-order valence-corrected chi connectivity index (χ2v) is 9.46. The minimum atomic E-state index is -0.340. The van der Waals surface area contributed by atoms with E-state index in [1.165, 1.54) is 17.7 Å². The topological polar surface area (TPSA) is 43.8 Å². The lowest BCUT2D eigenvalue weighted by Gasteiger charge is -2.57. The van der Waals surface area contributed by atoms with E-state index in [1.807, 2.05) is 23.1 Å². The van der Waals surface area contributed by atoms with Crippen molar-refractivity contribution in [1.29, 1.82) is 0 Å². The van der Waals surface area contributed by atoms with Gasteiger partial charge >= 0.3 is 0 Å². The maximum absolute atomic E-state index is 13.4. The van der Waals surface area contributed by atoms with Gasteiger partial charge in [-0.1, -0.05) is 66.7 Å². The highest BCUT2D eigenvalue weighted by molar-refractivity contribution is 5.94. The molecule has 5 heteroatoms. The molecule has 0 saturated carbocycles. The minimum absolute atomic E-state index is 0.0561. The molecular formula is C30H31FN2O2. The van der Waals surface area contributed by atoms with E-state index in [1.54, 1.807) is 12.1 Å².